The quantitative estimate of drug-likeness (QED) is 0.802. The van der Waals surface area contributed by atoms with Gasteiger partial charge in [0.05, 0.1) is 12.2 Å². The number of nitrogens with zero attached hydrogens (tertiary/aromatic N) is 1. The smallest absolute Gasteiger partial charge is 0.220 e. The minimum atomic E-state index is 0.00825. The first-order valence-electron chi connectivity index (χ1n) is 6.25. The molecule has 3 N–H and O–H groups in total. The highest BCUT2D eigenvalue weighted by atomic mass is 16.1. The van der Waals surface area contributed by atoms with E-state index in [-0.39, 0.29) is 5.91 Å². The first-order valence-corrected chi connectivity index (χ1v) is 6.25. The lowest BCUT2D eigenvalue weighted by Gasteiger charge is -2.06. The van der Waals surface area contributed by atoms with Gasteiger partial charge in [-0.1, -0.05) is 24.3 Å². The number of rotatable bonds is 5. The Morgan fingerprint density at radius 1 is 1.16 bits per heavy atom. The molecule has 0 spiro atoms. The van der Waals surface area contributed by atoms with Crippen molar-refractivity contribution >= 4 is 11.6 Å². The normalized spacial score (nSPS) is 10.1. The molecule has 1 heterocycles. The first kappa shape index (κ1) is 13.1. The minimum absolute atomic E-state index is 0.00825. The van der Waals surface area contributed by atoms with E-state index in [0.717, 1.165) is 16.9 Å². The second-order valence-corrected chi connectivity index (χ2v) is 4.30. The van der Waals surface area contributed by atoms with Crippen LogP contribution in [0.5, 0.6) is 0 Å². The number of amides is 1. The van der Waals surface area contributed by atoms with Gasteiger partial charge >= 0.3 is 0 Å². The van der Waals surface area contributed by atoms with Crippen LogP contribution in [0.3, 0.4) is 0 Å². The SMILES string of the molecule is Nc1ccccc1CCC(=O)NCc1ccccn1. The molecule has 0 saturated heterocycles. The number of aromatic nitrogens is 1. The Bertz CT molecular complexity index is 540. The van der Waals surface area contributed by atoms with Crippen molar-refractivity contribution in [3.8, 4) is 0 Å². The number of benzene rings is 1. The zero-order chi connectivity index (χ0) is 13.5. The maximum absolute atomic E-state index is 11.7. The van der Waals surface area contributed by atoms with Crippen LogP contribution in [0.4, 0.5) is 5.69 Å². The predicted octanol–water partition coefficient (Wildman–Crippen LogP) is 1.91. The first-order chi connectivity index (χ1) is 9.25. The molecule has 19 heavy (non-hydrogen) atoms. The molecule has 0 atom stereocenters. The summed E-state index contributed by atoms with van der Waals surface area (Å²) in [6.07, 6.45) is 2.80. The van der Waals surface area contributed by atoms with Gasteiger partial charge in [-0.3, -0.25) is 9.78 Å². The van der Waals surface area contributed by atoms with Crippen LogP contribution in [-0.2, 0) is 17.8 Å². The molecule has 98 valence electrons. The van der Waals surface area contributed by atoms with E-state index < -0.39 is 0 Å². The lowest BCUT2D eigenvalue weighted by Crippen LogP contribution is -2.23. The molecule has 1 amide bonds. The summed E-state index contributed by atoms with van der Waals surface area (Å²) >= 11 is 0. The third-order valence-corrected chi connectivity index (χ3v) is 2.87. The van der Waals surface area contributed by atoms with Gasteiger partial charge in [0, 0.05) is 18.3 Å². The Kier molecular flexibility index (Phi) is 4.50. The summed E-state index contributed by atoms with van der Waals surface area (Å²) < 4.78 is 0. The number of carbonyl (C=O) groups is 1. The van der Waals surface area contributed by atoms with Crippen LogP contribution in [0.1, 0.15) is 17.7 Å². The Morgan fingerprint density at radius 3 is 2.68 bits per heavy atom. The predicted molar refractivity (Wildman–Crippen MR) is 75.3 cm³/mol. The second kappa shape index (κ2) is 6.54. The van der Waals surface area contributed by atoms with E-state index in [1.54, 1.807) is 6.20 Å². The van der Waals surface area contributed by atoms with Crippen molar-refractivity contribution < 1.29 is 4.79 Å². The van der Waals surface area contributed by atoms with Crippen molar-refractivity contribution in [2.75, 3.05) is 5.73 Å². The molecular formula is C15H17N3O. The van der Waals surface area contributed by atoms with Crippen LogP contribution >= 0.6 is 0 Å². The average molecular weight is 255 g/mol. The molecule has 2 aromatic rings. The molecule has 0 aliphatic heterocycles. The summed E-state index contributed by atoms with van der Waals surface area (Å²) in [6, 6.07) is 13.2. The van der Waals surface area contributed by atoms with Crippen LogP contribution < -0.4 is 11.1 Å². The number of aryl methyl sites for hydroxylation is 1. The van der Waals surface area contributed by atoms with Crippen molar-refractivity contribution in [2.24, 2.45) is 0 Å². The highest BCUT2D eigenvalue weighted by Gasteiger charge is 2.04. The van der Waals surface area contributed by atoms with Crippen molar-refractivity contribution in [3.05, 3.63) is 59.9 Å². The van der Waals surface area contributed by atoms with Gasteiger partial charge in [-0.2, -0.15) is 0 Å². The zero-order valence-electron chi connectivity index (χ0n) is 10.7. The summed E-state index contributed by atoms with van der Waals surface area (Å²) in [6.45, 7) is 0.462. The van der Waals surface area contributed by atoms with E-state index in [2.05, 4.69) is 10.3 Å². The summed E-state index contributed by atoms with van der Waals surface area (Å²) in [4.78, 5) is 15.9. The number of pyridine rings is 1. The van der Waals surface area contributed by atoms with E-state index in [1.165, 1.54) is 0 Å². The van der Waals surface area contributed by atoms with Crippen molar-refractivity contribution in [1.29, 1.82) is 0 Å². The van der Waals surface area contributed by atoms with Gasteiger partial charge in [-0.15, -0.1) is 0 Å². The van der Waals surface area contributed by atoms with Gasteiger partial charge in [0.15, 0.2) is 0 Å². The lowest BCUT2D eigenvalue weighted by atomic mass is 10.1. The zero-order valence-corrected chi connectivity index (χ0v) is 10.7. The molecule has 0 saturated carbocycles. The number of hydrogen-bond acceptors (Lipinski definition) is 3. The Morgan fingerprint density at radius 2 is 1.95 bits per heavy atom. The molecule has 4 heteroatoms. The number of carbonyl (C=O) groups excluding carboxylic acids is 1. The minimum Gasteiger partial charge on any atom is -0.399 e. The monoisotopic (exact) mass is 255 g/mol. The standard InChI is InChI=1S/C15H17N3O/c16-14-7-2-1-5-12(14)8-9-15(19)18-11-13-6-3-4-10-17-13/h1-7,10H,8-9,11,16H2,(H,18,19). The molecule has 0 unspecified atom stereocenters. The van der Waals surface area contributed by atoms with Crippen LogP contribution in [0.2, 0.25) is 0 Å². The molecule has 0 fully saturated rings. The highest BCUT2D eigenvalue weighted by Crippen LogP contribution is 2.12. The van der Waals surface area contributed by atoms with Crippen LogP contribution in [0.15, 0.2) is 48.7 Å². The summed E-state index contributed by atoms with van der Waals surface area (Å²) in [7, 11) is 0. The van der Waals surface area contributed by atoms with E-state index >= 15 is 0 Å². The molecule has 1 aromatic heterocycles. The van der Waals surface area contributed by atoms with Crippen LogP contribution in [-0.4, -0.2) is 10.9 Å². The fraction of sp³-hybridized carbons (Fsp3) is 0.200. The van der Waals surface area contributed by atoms with Crippen molar-refractivity contribution in [3.63, 3.8) is 0 Å². The highest BCUT2D eigenvalue weighted by molar-refractivity contribution is 5.76. The van der Waals surface area contributed by atoms with Gasteiger partial charge in [0.25, 0.3) is 0 Å². The fourth-order valence-corrected chi connectivity index (χ4v) is 1.79. The number of hydrogen-bond donors (Lipinski definition) is 2. The molecule has 1 aromatic carbocycles. The molecule has 0 radical (unpaired) electrons. The largest absolute Gasteiger partial charge is 0.399 e. The average Bonchev–Trinajstić information content (AvgIpc) is 2.45. The molecular weight excluding hydrogens is 238 g/mol. The number of para-hydroxylation sites is 1. The van der Waals surface area contributed by atoms with Crippen LogP contribution in [0.25, 0.3) is 0 Å². The van der Waals surface area contributed by atoms with Gasteiger partial charge < -0.3 is 11.1 Å². The maximum atomic E-state index is 11.7. The Hall–Kier alpha value is -2.36. The Labute approximate surface area is 112 Å². The Balaban J connectivity index is 1.78. The number of nitrogen functional groups attached to an aromatic ring is 1. The van der Waals surface area contributed by atoms with Gasteiger partial charge in [-0.25, -0.2) is 0 Å². The number of nitrogens with two attached hydrogens (primary N) is 1. The molecule has 0 aliphatic carbocycles. The molecule has 0 bridgehead atoms. The molecule has 2 rings (SSSR count). The van der Waals surface area contributed by atoms with Gasteiger partial charge in [0.1, 0.15) is 0 Å². The molecule has 4 nitrogen and oxygen atoms in total. The fourth-order valence-electron chi connectivity index (χ4n) is 1.79. The van der Waals surface area contributed by atoms with E-state index in [4.69, 9.17) is 5.73 Å². The maximum Gasteiger partial charge on any atom is 0.220 e. The van der Waals surface area contributed by atoms with E-state index in [1.807, 2.05) is 42.5 Å². The van der Waals surface area contributed by atoms with E-state index in [0.29, 0.717) is 19.4 Å². The number of anilines is 1. The molecule has 0 aliphatic rings. The van der Waals surface area contributed by atoms with Gasteiger partial charge in [-0.05, 0) is 30.2 Å². The van der Waals surface area contributed by atoms with Gasteiger partial charge in [0.2, 0.25) is 5.91 Å². The second-order valence-electron chi connectivity index (χ2n) is 4.30. The van der Waals surface area contributed by atoms with Crippen molar-refractivity contribution in [2.45, 2.75) is 19.4 Å². The summed E-state index contributed by atoms with van der Waals surface area (Å²) in [5.41, 5.74) is 8.43. The van der Waals surface area contributed by atoms with E-state index in [9.17, 15) is 4.79 Å². The topological polar surface area (TPSA) is 68.0 Å². The third kappa shape index (κ3) is 4.10. The summed E-state index contributed by atoms with van der Waals surface area (Å²) in [5, 5.41) is 2.85. The lowest BCUT2D eigenvalue weighted by molar-refractivity contribution is -0.121. The summed E-state index contributed by atoms with van der Waals surface area (Å²) in [5.74, 6) is 0.00825. The van der Waals surface area contributed by atoms with Crippen molar-refractivity contribution in [1.82, 2.24) is 10.3 Å². The van der Waals surface area contributed by atoms with Crippen LogP contribution in [0, 0.1) is 0 Å². The third-order valence-electron chi connectivity index (χ3n) is 2.87. The number of nitrogens with one attached hydrogen (secondary N) is 1.